The van der Waals surface area contributed by atoms with Gasteiger partial charge in [0.2, 0.25) is 0 Å². The number of pyridine rings is 2. The highest BCUT2D eigenvalue weighted by Gasteiger charge is 2.10. The summed E-state index contributed by atoms with van der Waals surface area (Å²) in [5.74, 6) is 0. The van der Waals surface area contributed by atoms with Crippen LogP contribution in [0.5, 0.6) is 0 Å². The molecule has 0 spiro atoms. The van der Waals surface area contributed by atoms with E-state index < -0.39 is 0 Å². The van der Waals surface area contributed by atoms with Crippen molar-refractivity contribution in [2.24, 2.45) is 5.73 Å². The lowest BCUT2D eigenvalue weighted by Crippen LogP contribution is -2.00. The molecule has 0 unspecified atom stereocenters. The van der Waals surface area contributed by atoms with Crippen LogP contribution in [0.2, 0.25) is 0 Å². The Morgan fingerprint density at radius 2 is 1.00 bits per heavy atom. The highest BCUT2D eigenvalue weighted by atomic mass is 14.6. The summed E-state index contributed by atoms with van der Waals surface area (Å²) in [7, 11) is 0. The summed E-state index contributed by atoms with van der Waals surface area (Å²) >= 11 is 0. The molecular formula is C31H23N3. The van der Waals surface area contributed by atoms with Crippen LogP contribution in [0.4, 0.5) is 0 Å². The van der Waals surface area contributed by atoms with E-state index >= 15 is 0 Å². The van der Waals surface area contributed by atoms with Crippen molar-refractivity contribution >= 4 is 21.8 Å². The van der Waals surface area contributed by atoms with Crippen LogP contribution in [0.1, 0.15) is 5.56 Å². The Morgan fingerprint density at radius 3 is 1.59 bits per heavy atom. The number of para-hydroxylation sites is 2. The average molecular weight is 438 g/mol. The number of benzene rings is 4. The zero-order valence-electron chi connectivity index (χ0n) is 18.6. The van der Waals surface area contributed by atoms with Gasteiger partial charge < -0.3 is 5.73 Å². The fourth-order valence-electron chi connectivity index (χ4n) is 4.74. The van der Waals surface area contributed by atoms with Crippen molar-refractivity contribution in [2.75, 3.05) is 0 Å². The SMILES string of the molecule is NCc1cc(-c2ccnc3ccccc23)ccc1-c1ccc(-c2ccnc3ccccc23)cc1. The minimum Gasteiger partial charge on any atom is -0.326 e. The second kappa shape index (κ2) is 8.54. The number of fused-ring (bicyclic) bond motifs is 2. The molecular weight excluding hydrogens is 414 g/mol. The van der Waals surface area contributed by atoms with Crippen LogP contribution in [0, 0.1) is 0 Å². The van der Waals surface area contributed by atoms with Crippen LogP contribution in [-0.2, 0) is 6.54 Å². The number of nitrogens with zero attached hydrogens (tertiary/aromatic N) is 2. The first-order valence-corrected chi connectivity index (χ1v) is 11.4. The van der Waals surface area contributed by atoms with Gasteiger partial charge in [0.25, 0.3) is 0 Å². The summed E-state index contributed by atoms with van der Waals surface area (Å²) in [6.07, 6.45) is 3.74. The molecule has 0 bridgehead atoms. The third-order valence-corrected chi connectivity index (χ3v) is 6.44. The molecule has 4 aromatic carbocycles. The largest absolute Gasteiger partial charge is 0.326 e. The molecule has 0 saturated carbocycles. The number of hydrogen-bond acceptors (Lipinski definition) is 3. The van der Waals surface area contributed by atoms with Gasteiger partial charge in [-0.05, 0) is 69.3 Å². The highest BCUT2D eigenvalue weighted by Crippen LogP contribution is 2.34. The first-order valence-electron chi connectivity index (χ1n) is 11.4. The first-order chi connectivity index (χ1) is 16.8. The molecule has 162 valence electrons. The molecule has 0 aliphatic heterocycles. The molecule has 2 N–H and O–H groups in total. The monoisotopic (exact) mass is 437 g/mol. The summed E-state index contributed by atoms with van der Waals surface area (Å²) in [6, 6.07) is 36.0. The Balaban J connectivity index is 1.39. The molecule has 6 aromatic rings. The van der Waals surface area contributed by atoms with Gasteiger partial charge in [-0.15, -0.1) is 0 Å². The number of rotatable bonds is 4. The van der Waals surface area contributed by atoms with Crippen LogP contribution >= 0.6 is 0 Å². The summed E-state index contributed by atoms with van der Waals surface area (Å²) in [5.41, 5.74) is 16.4. The number of aromatic nitrogens is 2. The zero-order valence-corrected chi connectivity index (χ0v) is 18.6. The Morgan fingerprint density at radius 1 is 0.500 bits per heavy atom. The third-order valence-electron chi connectivity index (χ3n) is 6.44. The summed E-state index contributed by atoms with van der Waals surface area (Å²) in [5, 5.41) is 2.31. The quantitative estimate of drug-likeness (QED) is 0.316. The Labute approximate surface area is 198 Å². The fourth-order valence-corrected chi connectivity index (χ4v) is 4.74. The van der Waals surface area contributed by atoms with Gasteiger partial charge in [0.15, 0.2) is 0 Å². The Bertz CT molecular complexity index is 1620. The van der Waals surface area contributed by atoms with Crippen molar-refractivity contribution in [3.8, 4) is 33.4 Å². The van der Waals surface area contributed by atoms with E-state index in [1.54, 1.807) is 0 Å². The van der Waals surface area contributed by atoms with Gasteiger partial charge in [-0.25, -0.2) is 0 Å². The second-order valence-electron chi connectivity index (χ2n) is 8.40. The van der Waals surface area contributed by atoms with Crippen molar-refractivity contribution < 1.29 is 0 Å². The molecule has 2 aromatic heterocycles. The molecule has 34 heavy (non-hydrogen) atoms. The predicted molar refractivity (Wildman–Crippen MR) is 141 cm³/mol. The van der Waals surface area contributed by atoms with E-state index in [2.05, 4.69) is 88.8 Å². The van der Waals surface area contributed by atoms with E-state index in [-0.39, 0.29) is 0 Å². The maximum atomic E-state index is 6.21. The highest BCUT2D eigenvalue weighted by molar-refractivity contribution is 5.96. The number of hydrogen-bond donors (Lipinski definition) is 1. The molecule has 0 radical (unpaired) electrons. The van der Waals surface area contributed by atoms with E-state index in [4.69, 9.17) is 5.73 Å². The molecule has 0 atom stereocenters. The molecule has 0 fully saturated rings. The van der Waals surface area contributed by atoms with E-state index in [0.717, 1.165) is 44.1 Å². The van der Waals surface area contributed by atoms with Crippen molar-refractivity contribution in [2.45, 2.75) is 6.54 Å². The lowest BCUT2D eigenvalue weighted by molar-refractivity contribution is 1.07. The van der Waals surface area contributed by atoms with Gasteiger partial charge in [0.1, 0.15) is 0 Å². The Kier molecular flexibility index (Phi) is 5.10. The van der Waals surface area contributed by atoms with Gasteiger partial charge >= 0.3 is 0 Å². The minimum absolute atomic E-state index is 0.475. The van der Waals surface area contributed by atoms with Gasteiger partial charge in [-0.1, -0.05) is 72.8 Å². The normalized spacial score (nSPS) is 11.2. The minimum atomic E-state index is 0.475. The first kappa shape index (κ1) is 20.3. The van der Waals surface area contributed by atoms with E-state index in [1.165, 1.54) is 16.7 Å². The van der Waals surface area contributed by atoms with E-state index in [9.17, 15) is 0 Å². The lowest BCUT2D eigenvalue weighted by atomic mass is 9.92. The molecule has 3 nitrogen and oxygen atoms in total. The van der Waals surface area contributed by atoms with Crippen molar-refractivity contribution in [3.63, 3.8) is 0 Å². The molecule has 0 aliphatic carbocycles. The molecule has 3 heteroatoms. The van der Waals surface area contributed by atoms with Gasteiger partial charge in [-0.3, -0.25) is 9.97 Å². The van der Waals surface area contributed by atoms with Crippen LogP contribution in [0.15, 0.2) is 116 Å². The summed E-state index contributed by atoms with van der Waals surface area (Å²) in [4.78, 5) is 8.99. The predicted octanol–water partition coefficient (Wildman–Crippen LogP) is 7.24. The Hall–Kier alpha value is -4.34. The zero-order chi connectivity index (χ0) is 22.9. The summed E-state index contributed by atoms with van der Waals surface area (Å²) in [6.45, 7) is 0.475. The van der Waals surface area contributed by atoms with Gasteiger partial charge in [0, 0.05) is 29.7 Å². The fraction of sp³-hybridized carbons (Fsp3) is 0.0323. The maximum Gasteiger partial charge on any atom is 0.0708 e. The molecule has 6 rings (SSSR count). The van der Waals surface area contributed by atoms with E-state index in [1.807, 2.05) is 36.7 Å². The average Bonchev–Trinajstić information content (AvgIpc) is 2.92. The molecule has 0 saturated heterocycles. The number of nitrogens with two attached hydrogens (primary N) is 1. The third kappa shape index (κ3) is 3.53. The van der Waals surface area contributed by atoms with Crippen molar-refractivity contribution in [1.82, 2.24) is 9.97 Å². The standard InChI is InChI=1S/C31H23N3/c32-20-24-19-23(27-16-18-34-31-8-4-2-6-29(27)31)13-14-25(24)21-9-11-22(12-10-21)26-15-17-33-30-7-3-1-5-28(26)30/h1-19H,20,32H2. The van der Waals surface area contributed by atoms with Crippen molar-refractivity contribution in [3.05, 3.63) is 121 Å². The molecule has 0 amide bonds. The smallest absolute Gasteiger partial charge is 0.0708 e. The van der Waals surface area contributed by atoms with Crippen molar-refractivity contribution in [1.29, 1.82) is 0 Å². The topological polar surface area (TPSA) is 51.8 Å². The maximum absolute atomic E-state index is 6.21. The lowest BCUT2D eigenvalue weighted by Gasteiger charge is -2.13. The van der Waals surface area contributed by atoms with E-state index in [0.29, 0.717) is 6.54 Å². The van der Waals surface area contributed by atoms with Crippen LogP contribution < -0.4 is 5.73 Å². The second-order valence-corrected chi connectivity index (χ2v) is 8.40. The van der Waals surface area contributed by atoms with Gasteiger partial charge in [-0.2, -0.15) is 0 Å². The van der Waals surface area contributed by atoms with Gasteiger partial charge in [0.05, 0.1) is 11.0 Å². The van der Waals surface area contributed by atoms with Crippen LogP contribution in [-0.4, -0.2) is 9.97 Å². The molecule has 2 heterocycles. The summed E-state index contributed by atoms with van der Waals surface area (Å²) < 4.78 is 0. The molecule has 0 aliphatic rings. The van der Waals surface area contributed by atoms with Crippen LogP contribution in [0.25, 0.3) is 55.2 Å². The van der Waals surface area contributed by atoms with Crippen LogP contribution in [0.3, 0.4) is 0 Å².